The predicted molar refractivity (Wildman–Crippen MR) is 63.6 cm³/mol. The number of benzene rings is 1. The Morgan fingerprint density at radius 3 is 2.94 bits per heavy atom. The Morgan fingerprint density at radius 2 is 2.31 bits per heavy atom. The molecule has 0 spiro atoms. The van der Waals surface area contributed by atoms with Gasteiger partial charge in [0.2, 0.25) is 0 Å². The molecule has 0 aliphatic heterocycles. The zero-order valence-corrected chi connectivity index (χ0v) is 9.41. The molecule has 6 heteroatoms. The van der Waals surface area contributed by atoms with Crippen molar-refractivity contribution >= 4 is 16.5 Å². The van der Waals surface area contributed by atoms with E-state index in [1.54, 1.807) is 18.2 Å². The summed E-state index contributed by atoms with van der Waals surface area (Å²) in [4.78, 5) is 4.25. The minimum atomic E-state index is 0.110. The molecule has 2 rings (SSSR count). The standard InChI is InChI=1S/C10H11N3O2S/c1-15-9-4-6(2-3-8(9)14)7-5-16-10(12-7)13-11/h2-5,14H,11H2,1H3,(H,12,13). The Kier molecular flexibility index (Phi) is 2.93. The maximum Gasteiger partial charge on any atom is 0.197 e. The molecular weight excluding hydrogens is 226 g/mol. The van der Waals surface area contributed by atoms with Crippen LogP contribution < -0.4 is 16.0 Å². The van der Waals surface area contributed by atoms with Gasteiger partial charge in [-0.3, -0.25) is 5.43 Å². The summed E-state index contributed by atoms with van der Waals surface area (Å²) in [5.41, 5.74) is 4.14. The summed E-state index contributed by atoms with van der Waals surface area (Å²) in [6.07, 6.45) is 0. The summed E-state index contributed by atoms with van der Waals surface area (Å²) in [5, 5.41) is 12.0. The van der Waals surface area contributed by atoms with Gasteiger partial charge in [0, 0.05) is 10.9 Å². The molecular formula is C10H11N3O2S. The smallest absolute Gasteiger partial charge is 0.197 e. The molecule has 0 radical (unpaired) electrons. The second kappa shape index (κ2) is 4.38. The number of aromatic nitrogens is 1. The molecule has 84 valence electrons. The lowest BCUT2D eigenvalue weighted by molar-refractivity contribution is 0.373. The number of thiazole rings is 1. The first-order valence-electron chi connectivity index (χ1n) is 4.54. The van der Waals surface area contributed by atoms with E-state index in [0.717, 1.165) is 11.3 Å². The molecule has 0 bridgehead atoms. The highest BCUT2D eigenvalue weighted by Gasteiger charge is 2.07. The molecule has 0 unspecified atom stereocenters. The van der Waals surface area contributed by atoms with E-state index in [-0.39, 0.29) is 5.75 Å². The minimum Gasteiger partial charge on any atom is -0.504 e. The van der Waals surface area contributed by atoms with Crippen molar-refractivity contribution in [1.82, 2.24) is 4.98 Å². The molecule has 2 aromatic rings. The van der Waals surface area contributed by atoms with Crippen LogP contribution in [0, 0.1) is 0 Å². The molecule has 5 nitrogen and oxygen atoms in total. The Balaban J connectivity index is 2.40. The van der Waals surface area contributed by atoms with Crippen molar-refractivity contribution in [3.8, 4) is 22.8 Å². The quantitative estimate of drug-likeness (QED) is 0.560. The number of hydrogen-bond donors (Lipinski definition) is 3. The largest absolute Gasteiger partial charge is 0.504 e. The van der Waals surface area contributed by atoms with Crippen LogP contribution in [0.5, 0.6) is 11.5 Å². The van der Waals surface area contributed by atoms with E-state index >= 15 is 0 Å². The highest BCUT2D eigenvalue weighted by Crippen LogP contribution is 2.32. The van der Waals surface area contributed by atoms with Crippen molar-refractivity contribution in [2.45, 2.75) is 0 Å². The summed E-state index contributed by atoms with van der Waals surface area (Å²) < 4.78 is 5.03. The second-order valence-electron chi connectivity index (χ2n) is 3.07. The van der Waals surface area contributed by atoms with E-state index in [2.05, 4.69) is 10.4 Å². The fourth-order valence-corrected chi connectivity index (χ4v) is 1.94. The van der Waals surface area contributed by atoms with Crippen LogP contribution in [-0.2, 0) is 0 Å². The van der Waals surface area contributed by atoms with Gasteiger partial charge in [-0.15, -0.1) is 11.3 Å². The van der Waals surface area contributed by atoms with Gasteiger partial charge in [0.25, 0.3) is 0 Å². The Morgan fingerprint density at radius 1 is 1.50 bits per heavy atom. The molecule has 0 saturated carbocycles. The van der Waals surface area contributed by atoms with Gasteiger partial charge in [-0.1, -0.05) is 0 Å². The molecule has 0 aliphatic rings. The lowest BCUT2D eigenvalue weighted by Crippen LogP contribution is -2.05. The van der Waals surface area contributed by atoms with Crippen molar-refractivity contribution in [3.63, 3.8) is 0 Å². The van der Waals surface area contributed by atoms with E-state index in [1.165, 1.54) is 18.4 Å². The van der Waals surface area contributed by atoms with Crippen molar-refractivity contribution in [3.05, 3.63) is 23.6 Å². The third-order valence-electron chi connectivity index (χ3n) is 2.10. The summed E-state index contributed by atoms with van der Waals surface area (Å²) in [6, 6.07) is 5.07. The Bertz CT molecular complexity index is 499. The number of phenolic OH excluding ortho intramolecular Hbond substituents is 1. The van der Waals surface area contributed by atoms with E-state index in [0.29, 0.717) is 10.9 Å². The van der Waals surface area contributed by atoms with Crippen LogP contribution in [0.2, 0.25) is 0 Å². The van der Waals surface area contributed by atoms with Crippen LogP contribution in [0.4, 0.5) is 5.13 Å². The number of anilines is 1. The highest BCUT2D eigenvalue weighted by molar-refractivity contribution is 7.14. The van der Waals surface area contributed by atoms with Gasteiger partial charge in [0.15, 0.2) is 16.6 Å². The SMILES string of the molecule is COc1cc(-c2csc(NN)n2)ccc1O. The molecule has 1 aromatic carbocycles. The van der Waals surface area contributed by atoms with Gasteiger partial charge in [0.1, 0.15) is 0 Å². The maximum atomic E-state index is 9.46. The van der Waals surface area contributed by atoms with Crippen molar-refractivity contribution in [2.75, 3.05) is 12.5 Å². The lowest BCUT2D eigenvalue weighted by atomic mass is 10.1. The van der Waals surface area contributed by atoms with Crippen LogP contribution >= 0.6 is 11.3 Å². The molecule has 0 fully saturated rings. The number of hydrogen-bond acceptors (Lipinski definition) is 6. The number of rotatable bonds is 3. The molecule has 16 heavy (non-hydrogen) atoms. The summed E-state index contributed by atoms with van der Waals surface area (Å²) in [6.45, 7) is 0. The first-order valence-corrected chi connectivity index (χ1v) is 5.42. The van der Waals surface area contributed by atoms with Crippen LogP contribution in [0.3, 0.4) is 0 Å². The van der Waals surface area contributed by atoms with Gasteiger partial charge >= 0.3 is 0 Å². The first kappa shape index (κ1) is 10.7. The number of aromatic hydroxyl groups is 1. The van der Waals surface area contributed by atoms with Gasteiger partial charge in [-0.25, -0.2) is 10.8 Å². The molecule has 1 heterocycles. The summed E-state index contributed by atoms with van der Waals surface area (Å²) >= 11 is 1.41. The zero-order valence-electron chi connectivity index (χ0n) is 8.60. The maximum absolute atomic E-state index is 9.46. The Labute approximate surface area is 96.5 Å². The number of hydrazine groups is 1. The van der Waals surface area contributed by atoms with Gasteiger partial charge < -0.3 is 9.84 Å². The normalized spacial score (nSPS) is 10.1. The molecule has 0 saturated heterocycles. The van der Waals surface area contributed by atoms with Crippen molar-refractivity contribution in [2.24, 2.45) is 5.84 Å². The number of phenols is 1. The number of nitrogen functional groups attached to an aromatic ring is 1. The van der Waals surface area contributed by atoms with E-state index < -0.39 is 0 Å². The topological polar surface area (TPSA) is 80.4 Å². The predicted octanol–water partition coefficient (Wildman–Crippen LogP) is 1.81. The fraction of sp³-hybridized carbons (Fsp3) is 0.100. The molecule has 0 atom stereocenters. The molecule has 1 aromatic heterocycles. The summed E-state index contributed by atoms with van der Waals surface area (Å²) in [5.74, 6) is 5.79. The molecule has 0 aliphatic carbocycles. The van der Waals surface area contributed by atoms with Crippen LogP contribution in [0.25, 0.3) is 11.3 Å². The fourth-order valence-electron chi connectivity index (χ4n) is 1.31. The minimum absolute atomic E-state index is 0.110. The average Bonchev–Trinajstić information content (AvgIpc) is 2.78. The Hall–Kier alpha value is -1.79. The van der Waals surface area contributed by atoms with Crippen LogP contribution in [0.1, 0.15) is 0 Å². The van der Waals surface area contributed by atoms with E-state index in [9.17, 15) is 5.11 Å². The van der Waals surface area contributed by atoms with E-state index in [1.807, 2.05) is 5.38 Å². The molecule has 4 N–H and O–H groups in total. The highest BCUT2D eigenvalue weighted by atomic mass is 32.1. The van der Waals surface area contributed by atoms with Gasteiger partial charge in [-0.05, 0) is 18.2 Å². The molecule has 0 amide bonds. The van der Waals surface area contributed by atoms with Crippen LogP contribution in [-0.4, -0.2) is 17.2 Å². The second-order valence-corrected chi connectivity index (χ2v) is 3.93. The number of nitrogens with zero attached hydrogens (tertiary/aromatic N) is 1. The number of nitrogens with two attached hydrogens (primary N) is 1. The monoisotopic (exact) mass is 237 g/mol. The van der Waals surface area contributed by atoms with Gasteiger partial charge in [0.05, 0.1) is 12.8 Å². The van der Waals surface area contributed by atoms with Crippen molar-refractivity contribution in [1.29, 1.82) is 0 Å². The third kappa shape index (κ3) is 1.93. The lowest BCUT2D eigenvalue weighted by Gasteiger charge is -2.04. The number of nitrogens with one attached hydrogen (secondary N) is 1. The zero-order chi connectivity index (χ0) is 11.5. The van der Waals surface area contributed by atoms with Crippen LogP contribution in [0.15, 0.2) is 23.6 Å². The number of methoxy groups -OCH3 is 1. The average molecular weight is 237 g/mol. The first-order chi connectivity index (χ1) is 7.74. The van der Waals surface area contributed by atoms with Crippen molar-refractivity contribution < 1.29 is 9.84 Å². The third-order valence-corrected chi connectivity index (χ3v) is 2.88. The van der Waals surface area contributed by atoms with Gasteiger partial charge in [-0.2, -0.15) is 0 Å². The summed E-state index contributed by atoms with van der Waals surface area (Å²) in [7, 11) is 1.51. The number of ether oxygens (including phenoxy) is 1. The van der Waals surface area contributed by atoms with E-state index in [4.69, 9.17) is 10.6 Å².